The molecule has 1 atom stereocenters. The molecule has 2 nitrogen and oxygen atoms in total. The fraction of sp³-hybridized carbons (Fsp3) is 0.500. The van der Waals surface area contributed by atoms with E-state index in [-0.39, 0.29) is 18.4 Å². The molecule has 0 radical (unpaired) electrons. The average molecular weight is 230 g/mol. The first-order valence-electron chi connectivity index (χ1n) is 4.94. The van der Waals surface area contributed by atoms with Gasteiger partial charge in [0.2, 0.25) is 0 Å². The minimum absolute atomic E-state index is 0. The smallest absolute Gasteiger partial charge is 0.124 e. The number of benzene rings is 1. The molecule has 0 aliphatic carbocycles. The van der Waals surface area contributed by atoms with Crippen LogP contribution in [0.25, 0.3) is 0 Å². The van der Waals surface area contributed by atoms with E-state index in [9.17, 15) is 0 Å². The summed E-state index contributed by atoms with van der Waals surface area (Å²) < 4.78 is 5.30. The van der Waals surface area contributed by atoms with E-state index in [2.05, 4.69) is 26.0 Å². The second-order valence-electron chi connectivity index (χ2n) is 3.94. The summed E-state index contributed by atoms with van der Waals surface area (Å²) in [5, 5.41) is 0. The second kappa shape index (κ2) is 5.99. The Labute approximate surface area is 98.2 Å². The quantitative estimate of drug-likeness (QED) is 0.865. The van der Waals surface area contributed by atoms with E-state index in [0.29, 0.717) is 0 Å². The molecule has 3 heteroatoms. The predicted molar refractivity (Wildman–Crippen MR) is 67.1 cm³/mol. The van der Waals surface area contributed by atoms with E-state index in [1.54, 1.807) is 7.11 Å². The van der Waals surface area contributed by atoms with Crippen molar-refractivity contribution in [3.63, 3.8) is 0 Å². The molecule has 0 bridgehead atoms. The van der Waals surface area contributed by atoms with Crippen LogP contribution in [0, 0.1) is 13.8 Å². The van der Waals surface area contributed by atoms with Gasteiger partial charge < -0.3 is 10.5 Å². The Morgan fingerprint density at radius 1 is 1.27 bits per heavy atom. The lowest BCUT2D eigenvalue weighted by Crippen LogP contribution is -2.17. The van der Waals surface area contributed by atoms with Crippen LogP contribution in [0.15, 0.2) is 12.1 Å². The Morgan fingerprint density at radius 2 is 1.73 bits per heavy atom. The topological polar surface area (TPSA) is 35.2 Å². The summed E-state index contributed by atoms with van der Waals surface area (Å²) >= 11 is 0. The summed E-state index contributed by atoms with van der Waals surface area (Å²) in [5.41, 5.74) is 9.42. The lowest BCUT2D eigenvalue weighted by Gasteiger charge is -2.12. The number of rotatable bonds is 3. The number of nitrogens with two attached hydrogens (primary N) is 1. The first kappa shape index (κ1) is 14.3. The molecule has 0 saturated heterocycles. The van der Waals surface area contributed by atoms with Crippen LogP contribution in [0.3, 0.4) is 0 Å². The third kappa shape index (κ3) is 3.73. The minimum atomic E-state index is 0. The van der Waals surface area contributed by atoms with Crippen molar-refractivity contribution >= 4 is 12.4 Å². The van der Waals surface area contributed by atoms with Crippen molar-refractivity contribution in [3.05, 3.63) is 28.8 Å². The first-order valence-corrected chi connectivity index (χ1v) is 4.94. The van der Waals surface area contributed by atoms with E-state index < -0.39 is 0 Å². The maximum atomic E-state index is 5.76. The van der Waals surface area contributed by atoms with Crippen molar-refractivity contribution < 1.29 is 4.74 Å². The molecule has 0 spiro atoms. The van der Waals surface area contributed by atoms with E-state index in [1.165, 1.54) is 16.7 Å². The number of hydrogen-bond donors (Lipinski definition) is 1. The highest BCUT2D eigenvalue weighted by atomic mass is 35.5. The van der Waals surface area contributed by atoms with Gasteiger partial charge in [0.25, 0.3) is 0 Å². The monoisotopic (exact) mass is 229 g/mol. The summed E-state index contributed by atoms with van der Waals surface area (Å²) in [7, 11) is 1.71. The van der Waals surface area contributed by atoms with Gasteiger partial charge in [0.15, 0.2) is 0 Å². The van der Waals surface area contributed by atoms with Gasteiger partial charge in [-0.1, -0.05) is 12.1 Å². The molecular formula is C12H20ClNO. The van der Waals surface area contributed by atoms with Crippen LogP contribution in [0.5, 0.6) is 5.75 Å². The van der Waals surface area contributed by atoms with Crippen molar-refractivity contribution in [2.75, 3.05) is 7.11 Å². The van der Waals surface area contributed by atoms with Gasteiger partial charge in [-0.3, -0.25) is 0 Å². The molecule has 1 aromatic carbocycles. The summed E-state index contributed by atoms with van der Waals surface area (Å²) in [6, 6.07) is 4.51. The number of hydrogen-bond acceptors (Lipinski definition) is 2. The number of aryl methyl sites for hydroxylation is 2. The Kier molecular flexibility index (Phi) is 5.69. The minimum Gasteiger partial charge on any atom is -0.496 e. The van der Waals surface area contributed by atoms with Gasteiger partial charge in [0.1, 0.15) is 5.75 Å². The van der Waals surface area contributed by atoms with Crippen LogP contribution < -0.4 is 10.5 Å². The van der Waals surface area contributed by atoms with Gasteiger partial charge in [0, 0.05) is 6.04 Å². The lowest BCUT2D eigenvalue weighted by molar-refractivity contribution is 0.408. The van der Waals surface area contributed by atoms with Crippen molar-refractivity contribution in [1.29, 1.82) is 0 Å². The number of ether oxygens (including phenoxy) is 1. The average Bonchev–Trinajstić information content (AvgIpc) is 2.01. The molecular weight excluding hydrogens is 210 g/mol. The molecule has 0 aliphatic rings. The van der Waals surface area contributed by atoms with Gasteiger partial charge in [0.05, 0.1) is 7.11 Å². The van der Waals surface area contributed by atoms with Crippen LogP contribution in [0.1, 0.15) is 23.6 Å². The van der Waals surface area contributed by atoms with E-state index in [4.69, 9.17) is 10.5 Å². The Hall–Kier alpha value is -0.730. The molecule has 2 N–H and O–H groups in total. The zero-order valence-electron chi connectivity index (χ0n) is 9.83. The molecule has 1 rings (SSSR count). The molecule has 0 fully saturated rings. The summed E-state index contributed by atoms with van der Waals surface area (Å²) in [6.45, 7) is 6.15. The first-order chi connectivity index (χ1) is 6.54. The summed E-state index contributed by atoms with van der Waals surface area (Å²) in [6.07, 6.45) is 0.922. The number of halogens is 1. The maximum Gasteiger partial charge on any atom is 0.124 e. The molecule has 0 aliphatic heterocycles. The zero-order valence-corrected chi connectivity index (χ0v) is 10.6. The fourth-order valence-electron chi connectivity index (χ4n) is 1.85. The Morgan fingerprint density at radius 3 is 2.07 bits per heavy atom. The van der Waals surface area contributed by atoms with Crippen molar-refractivity contribution in [2.24, 2.45) is 5.73 Å². The standard InChI is InChI=1S/C12H19NO.ClH/c1-8-5-11(7-10(3)13)6-9(2)12(8)14-4;/h5-6,10H,7,13H2,1-4H3;1H. The zero-order chi connectivity index (χ0) is 10.7. The van der Waals surface area contributed by atoms with Crippen molar-refractivity contribution in [2.45, 2.75) is 33.2 Å². The predicted octanol–water partition coefficient (Wildman–Crippen LogP) is 2.62. The molecule has 0 aromatic heterocycles. The Bertz CT molecular complexity index is 300. The third-order valence-corrected chi connectivity index (χ3v) is 2.28. The van der Waals surface area contributed by atoms with E-state index in [0.717, 1.165) is 12.2 Å². The Balaban J connectivity index is 0.00000196. The van der Waals surface area contributed by atoms with Gasteiger partial charge in [-0.15, -0.1) is 12.4 Å². The van der Waals surface area contributed by atoms with Gasteiger partial charge >= 0.3 is 0 Å². The SMILES string of the molecule is COc1c(C)cc(CC(C)N)cc1C.Cl. The highest BCUT2D eigenvalue weighted by Crippen LogP contribution is 2.24. The molecule has 0 heterocycles. The van der Waals surface area contributed by atoms with Gasteiger partial charge in [-0.2, -0.15) is 0 Å². The normalized spacial score (nSPS) is 11.8. The molecule has 86 valence electrons. The van der Waals surface area contributed by atoms with Crippen LogP contribution in [-0.4, -0.2) is 13.2 Å². The van der Waals surface area contributed by atoms with Crippen LogP contribution in [-0.2, 0) is 6.42 Å². The highest BCUT2D eigenvalue weighted by molar-refractivity contribution is 5.85. The second-order valence-corrected chi connectivity index (χ2v) is 3.94. The largest absolute Gasteiger partial charge is 0.496 e. The highest BCUT2D eigenvalue weighted by Gasteiger charge is 2.06. The maximum absolute atomic E-state index is 5.76. The lowest BCUT2D eigenvalue weighted by atomic mass is 10.0. The summed E-state index contributed by atoms with van der Waals surface area (Å²) in [4.78, 5) is 0. The van der Waals surface area contributed by atoms with Gasteiger partial charge in [-0.25, -0.2) is 0 Å². The third-order valence-electron chi connectivity index (χ3n) is 2.28. The van der Waals surface area contributed by atoms with Crippen molar-refractivity contribution in [3.8, 4) is 5.75 Å². The molecule has 1 unspecified atom stereocenters. The number of methoxy groups -OCH3 is 1. The van der Waals surface area contributed by atoms with Gasteiger partial charge in [-0.05, 0) is 43.9 Å². The van der Waals surface area contributed by atoms with Crippen molar-refractivity contribution in [1.82, 2.24) is 0 Å². The van der Waals surface area contributed by atoms with E-state index in [1.807, 2.05) is 6.92 Å². The molecule has 1 aromatic rings. The molecule has 15 heavy (non-hydrogen) atoms. The molecule has 0 amide bonds. The van der Waals surface area contributed by atoms with Crippen LogP contribution in [0.4, 0.5) is 0 Å². The van der Waals surface area contributed by atoms with Crippen LogP contribution in [0.2, 0.25) is 0 Å². The van der Waals surface area contributed by atoms with Crippen LogP contribution >= 0.6 is 12.4 Å². The fourth-order valence-corrected chi connectivity index (χ4v) is 1.85. The summed E-state index contributed by atoms with van der Waals surface area (Å²) in [5.74, 6) is 0.985. The van der Waals surface area contributed by atoms with E-state index >= 15 is 0 Å². The molecule has 0 saturated carbocycles.